The van der Waals surface area contributed by atoms with Gasteiger partial charge >= 0.3 is 39.5 Å². The predicted molar refractivity (Wildman–Crippen MR) is 427 cm³/mol. The number of aliphatic hydroxyl groups excluding tert-OH is 1. The maximum atomic E-state index is 13.1. The van der Waals surface area contributed by atoms with Crippen LogP contribution in [0.4, 0.5) is 0 Å². The van der Waals surface area contributed by atoms with E-state index in [1.165, 1.54) is 12.8 Å². The number of phosphoric acid groups is 2. The van der Waals surface area contributed by atoms with E-state index in [2.05, 4.69) is 161 Å². The van der Waals surface area contributed by atoms with Crippen molar-refractivity contribution in [2.24, 2.45) is 0 Å². The van der Waals surface area contributed by atoms with Crippen LogP contribution in [0, 0.1) is 0 Å². The van der Waals surface area contributed by atoms with Gasteiger partial charge in [-0.05, 0) is 148 Å². The molecule has 19 heteroatoms. The van der Waals surface area contributed by atoms with Gasteiger partial charge in [0.05, 0.1) is 26.4 Å². The van der Waals surface area contributed by atoms with Crippen LogP contribution in [0.15, 0.2) is 134 Å². The summed E-state index contributed by atoms with van der Waals surface area (Å²) in [4.78, 5) is 73.0. The first-order chi connectivity index (χ1) is 50.7. The van der Waals surface area contributed by atoms with Gasteiger partial charge in [0.25, 0.3) is 0 Å². The molecule has 0 radical (unpaired) electrons. The molecule has 596 valence electrons. The molecule has 0 fully saturated rings. The number of unbranched alkanes of at least 4 members (excludes halogenated alkanes) is 27. The van der Waals surface area contributed by atoms with Gasteiger partial charge in [-0.1, -0.05) is 283 Å². The minimum absolute atomic E-state index is 0.0773. The van der Waals surface area contributed by atoms with Crippen LogP contribution in [0.3, 0.4) is 0 Å². The fourth-order valence-electron chi connectivity index (χ4n) is 10.5. The molecular formula is C85H144O17P2. The Morgan fingerprint density at radius 2 is 0.500 bits per heavy atom. The smallest absolute Gasteiger partial charge is 0.462 e. The number of esters is 4. The van der Waals surface area contributed by atoms with Crippen LogP contribution in [-0.4, -0.2) is 96.7 Å². The molecule has 104 heavy (non-hydrogen) atoms. The highest BCUT2D eigenvalue weighted by Gasteiger charge is 2.30. The lowest BCUT2D eigenvalue weighted by Crippen LogP contribution is -2.30. The Bertz CT molecular complexity index is 2490. The molecule has 0 amide bonds. The van der Waals surface area contributed by atoms with Gasteiger partial charge in [-0.2, -0.15) is 0 Å². The van der Waals surface area contributed by atoms with Crippen molar-refractivity contribution in [1.29, 1.82) is 0 Å². The normalized spacial score (nSPS) is 14.6. The molecule has 0 aromatic carbocycles. The number of rotatable bonds is 75. The summed E-state index contributed by atoms with van der Waals surface area (Å²) in [5, 5.41) is 10.6. The van der Waals surface area contributed by atoms with E-state index in [1.807, 2.05) is 0 Å². The van der Waals surface area contributed by atoms with Crippen molar-refractivity contribution < 1.29 is 80.2 Å². The van der Waals surface area contributed by atoms with E-state index in [0.717, 1.165) is 231 Å². The zero-order valence-corrected chi connectivity index (χ0v) is 66.9. The second-order valence-electron chi connectivity index (χ2n) is 26.6. The molecule has 0 aliphatic heterocycles. The highest BCUT2D eigenvalue weighted by atomic mass is 31.2. The van der Waals surface area contributed by atoms with Crippen molar-refractivity contribution in [3.8, 4) is 0 Å². The number of phosphoric ester groups is 2. The highest BCUT2D eigenvalue weighted by molar-refractivity contribution is 7.47. The number of aliphatic hydroxyl groups is 1. The molecule has 0 bridgehead atoms. The van der Waals surface area contributed by atoms with E-state index in [0.29, 0.717) is 25.7 Å². The van der Waals surface area contributed by atoms with Gasteiger partial charge in [0.2, 0.25) is 0 Å². The number of ether oxygens (including phenoxy) is 4. The van der Waals surface area contributed by atoms with E-state index in [9.17, 15) is 43.2 Å². The third-order valence-electron chi connectivity index (χ3n) is 16.6. The quantitative estimate of drug-likeness (QED) is 0.0169. The van der Waals surface area contributed by atoms with Crippen molar-refractivity contribution in [2.75, 3.05) is 39.6 Å². The van der Waals surface area contributed by atoms with Crippen molar-refractivity contribution in [1.82, 2.24) is 0 Å². The van der Waals surface area contributed by atoms with Gasteiger partial charge in [-0.25, -0.2) is 9.13 Å². The van der Waals surface area contributed by atoms with Crippen LogP contribution in [0.25, 0.3) is 0 Å². The number of hydrogen-bond acceptors (Lipinski definition) is 15. The molecular weight excluding hydrogens is 1350 g/mol. The third kappa shape index (κ3) is 75.4. The number of carbonyl (C=O) groups excluding carboxylic acids is 4. The van der Waals surface area contributed by atoms with Crippen LogP contribution in [-0.2, 0) is 65.4 Å². The number of allylic oxidation sites excluding steroid dienone is 22. The van der Waals surface area contributed by atoms with Crippen molar-refractivity contribution in [3.63, 3.8) is 0 Å². The maximum Gasteiger partial charge on any atom is 0.472 e. The van der Waals surface area contributed by atoms with Crippen LogP contribution in [0.2, 0.25) is 0 Å². The molecule has 5 unspecified atom stereocenters. The summed E-state index contributed by atoms with van der Waals surface area (Å²) in [5.41, 5.74) is 0. The average molecular weight is 1500 g/mol. The van der Waals surface area contributed by atoms with Gasteiger partial charge in [-0.15, -0.1) is 0 Å². The molecule has 0 rings (SSSR count). The Morgan fingerprint density at radius 1 is 0.279 bits per heavy atom. The standard InChI is InChI=1S/C85H144O17P2/c1-5-9-13-17-21-25-29-32-35-38-39-42-44-47-51-54-58-62-66-70-83(88)96-76-81(102-85(90)72-68-64-60-56-52-48-45-41-37-34-31-27-23-19-15-11-7-3)78-100-104(93,94)98-74-79(86)73-97-103(91,92)99-77-80(101-84(89)71-67-63-59-55-49-28-24-20-16-12-8-4)75-95-82(87)69-65-61-57-53-50-46-43-40-36-33-30-26-22-18-14-10-6-2/h9-11,13-15,20-27,32-37,39,42,79-81,86H,5-8,12,16-19,28-31,38,40-41,43-78H2,1-4H3,(H,91,92)(H,93,94)/b13-9-,14-10-,15-11-,24-20-,25-21-,26-22-,27-23-,35-32-,36-33-,37-34-,42-39-. The summed E-state index contributed by atoms with van der Waals surface area (Å²) >= 11 is 0. The van der Waals surface area contributed by atoms with Crippen LogP contribution >= 0.6 is 15.6 Å². The van der Waals surface area contributed by atoms with Gasteiger partial charge in [0.1, 0.15) is 19.3 Å². The first-order valence-corrected chi connectivity index (χ1v) is 43.4. The molecule has 3 N–H and O–H groups in total. The van der Waals surface area contributed by atoms with Crippen molar-refractivity contribution >= 4 is 39.5 Å². The number of carbonyl (C=O) groups is 4. The highest BCUT2D eigenvalue weighted by Crippen LogP contribution is 2.45. The lowest BCUT2D eigenvalue weighted by molar-refractivity contribution is -0.161. The van der Waals surface area contributed by atoms with E-state index in [4.69, 9.17) is 37.0 Å². The summed E-state index contributed by atoms with van der Waals surface area (Å²) in [6, 6.07) is 0. The maximum absolute atomic E-state index is 13.1. The topological polar surface area (TPSA) is 237 Å². The first kappa shape index (κ1) is 99.2. The van der Waals surface area contributed by atoms with E-state index in [-0.39, 0.29) is 25.7 Å². The minimum Gasteiger partial charge on any atom is -0.462 e. The lowest BCUT2D eigenvalue weighted by atomic mass is 10.1. The fourth-order valence-corrected chi connectivity index (χ4v) is 12.1. The molecule has 0 heterocycles. The van der Waals surface area contributed by atoms with Gasteiger partial charge in [-0.3, -0.25) is 37.3 Å². The largest absolute Gasteiger partial charge is 0.472 e. The summed E-state index contributed by atoms with van der Waals surface area (Å²) in [5.74, 6) is -2.22. The molecule has 0 saturated heterocycles. The van der Waals surface area contributed by atoms with Gasteiger partial charge in [0.15, 0.2) is 12.2 Å². The lowest BCUT2D eigenvalue weighted by Gasteiger charge is -2.21. The fraction of sp³-hybridized carbons (Fsp3) is 0.694. The van der Waals surface area contributed by atoms with Crippen molar-refractivity contribution in [2.45, 2.75) is 341 Å². The Morgan fingerprint density at radius 3 is 0.779 bits per heavy atom. The third-order valence-corrected chi connectivity index (χ3v) is 18.5. The summed E-state index contributed by atoms with van der Waals surface area (Å²) in [6.07, 6.45) is 85.7. The Kier molecular flexibility index (Phi) is 72.9. The predicted octanol–water partition coefficient (Wildman–Crippen LogP) is 23.7. The second kappa shape index (κ2) is 76.4. The van der Waals surface area contributed by atoms with E-state index in [1.54, 1.807) is 0 Å². The molecule has 0 aliphatic carbocycles. The summed E-state index contributed by atoms with van der Waals surface area (Å²) < 4.78 is 68.6. The molecule has 0 saturated carbocycles. The zero-order valence-electron chi connectivity index (χ0n) is 65.2. The first-order valence-electron chi connectivity index (χ1n) is 40.4. The monoisotopic (exact) mass is 1500 g/mol. The number of hydrogen-bond donors (Lipinski definition) is 3. The van der Waals surface area contributed by atoms with Crippen LogP contribution < -0.4 is 0 Å². The van der Waals surface area contributed by atoms with Crippen molar-refractivity contribution in [3.05, 3.63) is 134 Å². The summed E-state index contributed by atoms with van der Waals surface area (Å²) in [6.45, 7) is 4.48. The minimum atomic E-state index is -4.99. The molecule has 0 aliphatic rings. The second-order valence-corrected chi connectivity index (χ2v) is 29.5. The Labute approximate surface area is 631 Å². The van der Waals surface area contributed by atoms with Gasteiger partial charge < -0.3 is 33.8 Å². The average Bonchev–Trinajstić information content (AvgIpc) is 0.931. The molecule has 0 spiro atoms. The molecule has 0 aromatic heterocycles. The Hall–Kier alpha value is -4.80. The summed E-state index contributed by atoms with van der Waals surface area (Å²) in [7, 11) is -9.97. The Balaban J connectivity index is 5.35. The molecule has 17 nitrogen and oxygen atoms in total. The molecule has 0 aromatic rings. The van der Waals surface area contributed by atoms with E-state index < -0.39 is 97.5 Å². The van der Waals surface area contributed by atoms with Gasteiger partial charge in [0, 0.05) is 25.7 Å². The molecule has 5 atom stereocenters. The van der Waals surface area contributed by atoms with Crippen LogP contribution in [0.1, 0.15) is 323 Å². The van der Waals surface area contributed by atoms with E-state index >= 15 is 0 Å². The SMILES string of the molecule is CC/C=C\C/C=C\C/C=C\C/C=C\CCCCCCCCC(=O)OCC(COP(=O)(O)OCC(O)COP(=O)(O)OCC(COC(=O)CCCCCCCCC/C=C\C/C=C\C/C=C\CC)OC(=O)CCCCCCC/C=C\CCCC)OC(=O)CCCCCCCCC/C=C\C/C=C\C/C=C\CC. The zero-order chi connectivity index (χ0) is 76.0. The van der Waals surface area contributed by atoms with Crippen LogP contribution in [0.5, 0.6) is 0 Å².